The maximum absolute atomic E-state index is 5.64. The minimum atomic E-state index is 0.644. The molecule has 0 unspecified atom stereocenters. The van der Waals surface area contributed by atoms with Gasteiger partial charge in [0.15, 0.2) is 17.0 Å². The lowest BCUT2D eigenvalue weighted by Gasteiger charge is -2.31. The van der Waals surface area contributed by atoms with Crippen molar-refractivity contribution in [1.29, 1.82) is 0 Å². The summed E-state index contributed by atoms with van der Waals surface area (Å²) in [7, 11) is 2.09. The second kappa shape index (κ2) is 9.78. The molecule has 190 valence electrons. The largest absolute Gasteiger partial charge is 0.378 e. The summed E-state index contributed by atoms with van der Waals surface area (Å²) in [6.07, 6.45) is 5.21. The molecule has 0 bridgehead atoms. The smallest absolute Gasteiger partial charge is 0.239 e. The number of para-hydroxylation sites is 2. The van der Waals surface area contributed by atoms with Crippen molar-refractivity contribution in [2.45, 2.75) is 46.1 Å². The Bertz CT molecular complexity index is 1360. The molecule has 0 saturated carbocycles. The highest BCUT2D eigenvalue weighted by atomic mass is 16.5. The van der Waals surface area contributed by atoms with Crippen LogP contribution in [0.15, 0.2) is 24.3 Å². The van der Waals surface area contributed by atoms with E-state index in [9.17, 15) is 0 Å². The van der Waals surface area contributed by atoms with Crippen molar-refractivity contribution in [2.24, 2.45) is 13.0 Å². The monoisotopic (exact) mass is 488 g/mol. The average molecular weight is 489 g/mol. The number of ether oxygens (including phenoxy) is 1. The average Bonchev–Trinajstić information content (AvgIpc) is 3.41. The highest BCUT2D eigenvalue weighted by Gasteiger charge is 2.25. The summed E-state index contributed by atoms with van der Waals surface area (Å²) in [6, 6.07) is 8.16. The molecule has 4 aromatic rings. The van der Waals surface area contributed by atoms with E-state index in [2.05, 4.69) is 39.0 Å². The van der Waals surface area contributed by atoms with Gasteiger partial charge in [-0.2, -0.15) is 9.97 Å². The van der Waals surface area contributed by atoms with E-state index in [0.717, 1.165) is 78.3 Å². The molecule has 0 aliphatic carbocycles. The number of fused-ring (bicyclic) bond motifs is 2. The summed E-state index contributed by atoms with van der Waals surface area (Å²) < 4.78 is 9.86. The van der Waals surface area contributed by atoms with Crippen molar-refractivity contribution in [3.63, 3.8) is 0 Å². The number of benzene rings is 1. The van der Waals surface area contributed by atoms with Gasteiger partial charge in [0.05, 0.1) is 30.8 Å². The number of aromatic nitrogens is 6. The second-order valence-electron chi connectivity index (χ2n) is 10.2. The van der Waals surface area contributed by atoms with Crippen molar-refractivity contribution in [1.82, 2.24) is 34.0 Å². The zero-order valence-electron chi connectivity index (χ0n) is 21.7. The van der Waals surface area contributed by atoms with E-state index in [0.29, 0.717) is 19.2 Å². The molecule has 9 nitrogen and oxygen atoms in total. The van der Waals surface area contributed by atoms with Crippen molar-refractivity contribution < 1.29 is 4.74 Å². The lowest BCUT2D eigenvalue weighted by atomic mass is 9.92. The van der Waals surface area contributed by atoms with Gasteiger partial charge in [-0.05, 0) is 50.9 Å². The van der Waals surface area contributed by atoms with Gasteiger partial charge >= 0.3 is 0 Å². The third-order valence-electron chi connectivity index (χ3n) is 7.79. The third kappa shape index (κ3) is 4.24. The highest BCUT2D eigenvalue weighted by molar-refractivity contribution is 5.86. The van der Waals surface area contributed by atoms with Gasteiger partial charge < -0.3 is 14.2 Å². The molecule has 5 heterocycles. The van der Waals surface area contributed by atoms with Crippen molar-refractivity contribution in [3.05, 3.63) is 35.9 Å². The van der Waals surface area contributed by atoms with E-state index in [1.165, 1.54) is 25.7 Å². The van der Waals surface area contributed by atoms with Crippen LogP contribution < -0.4 is 4.90 Å². The van der Waals surface area contributed by atoms with Crippen molar-refractivity contribution in [2.75, 3.05) is 44.3 Å². The lowest BCUT2D eigenvalue weighted by Crippen LogP contribution is -2.37. The number of anilines is 1. The number of rotatable bonds is 6. The van der Waals surface area contributed by atoms with Crippen LogP contribution in [0.4, 0.5) is 5.82 Å². The molecule has 2 aliphatic heterocycles. The van der Waals surface area contributed by atoms with E-state index in [1.807, 2.05) is 25.1 Å². The quantitative estimate of drug-likeness (QED) is 0.408. The zero-order valence-corrected chi connectivity index (χ0v) is 21.7. The summed E-state index contributed by atoms with van der Waals surface area (Å²) in [4.78, 5) is 24.9. The van der Waals surface area contributed by atoms with Gasteiger partial charge in [0, 0.05) is 20.1 Å². The normalized spacial score (nSPS) is 18.0. The SMILES string of the molecule is CCCC1CCN(Cc2nc3c(N4CCOCC4)nc(-n4c(C)nc5ccccc54)nc3n2C)CC1. The molecule has 0 amide bonds. The van der Waals surface area contributed by atoms with Crippen LogP contribution in [-0.4, -0.2) is 73.4 Å². The molecule has 0 atom stereocenters. The first-order valence-corrected chi connectivity index (χ1v) is 13.3. The molecule has 36 heavy (non-hydrogen) atoms. The van der Waals surface area contributed by atoms with Crippen LogP contribution in [0, 0.1) is 12.8 Å². The van der Waals surface area contributed by atoms with Gasteiger partial charge in [-0.15, -0.1) is 0 Å². The maximum Gasteiger partial charge on any atom is 0.239 e. The zero-order chi connectivity index (χ0) is 24.6. The summed E-state index contributed by atoms with van der Waals surface area (Å²) in [6.45, 7) is 10.4. The first-order valence-electron chi connectivity index (χ1n) is 13.3. The minimum absolute atomic E-state index is 0.644. The first-order chi connectivity index (χ1) is 17.6. The van der Waals surface area contributed by atoms with Crippen LogP contribution >= 0.6 is 0 Å². The van der Waals surface area contributed by atoms with Gasteiger partial charge in [-0.3, -0.25) is 9.47 Å². The Balaban J connectivity index is 1.41. The van der Waals surface area contributed by atoms with Gasteiger partial charge in [0.1, 0.15) is 11.6 Å². The first kappa shape index (κ1) is 23.4. The number of imidazole rings is 2. The number of hydrogen-bond acceptors (Lipinski definition) is 7. The van der Waals surface area contributed by atoms with Gasteiger partial charge in [0.2, 0.25) is 5.95 Å². The van der Waals surface area contributed by atoms with E-state index in [1.54, 1.807) is 0 Å². The molecule has 1 aromatic carbocycles. The molecule has 6 rings (SSSR count). The van der Waals surface area contributed by atoms with Crippen LogP contribution in [0.2, 0.25) is 0 Å². The molecule has 0 N–H and O–H groups in total. The molecule has 0 radical (unpaired) electrons. The lowest BCUT2D eigenvalue weighted by molar-refractivity contribution is 0.122. The Labute approximate surface area is 212 Å². The molecular formula is C27H36N8O. The van der Waals surface area contributed by atoms with Crippen LogP contribution in [0.25, 0.3) is 28.1 Å². The van der Waals surface area contributed by atoms with Crippen LogP contribution in [0.5, 0.6) is 0 Å². The van der Waals surface area contributed by atoms with Gasteiger partial charge in [0.25, 0.3) is 0 Å². The number of likely N-dealkylation sites (tertiary alicyclic amines) is 1. The molecule has 2 saturated heterocycles. The Morgan fingerprint density at radius 2 is 1.75 bits per heavy atom. The van der Waals surface area contributed by atoms with Gasteiger partial charge in [-0.25, -0.2) is 9.97 Å². The molecule has 9 heteroatoms. The fourth-order valence-corrected chi connectivity index (χ4v) is 5.76. The van der Waals surface area contributed by atoms with Gasteiger partial charge in [-0.1, -0.05) is 31.9 Å². The van der Waals surface area contributed by atoms with E-state index < -0.39 is 0 Å². The highest BCUT2D eigenvalue weighted by Crippen LogP contribution is 2.29. The topological polar surface area (TPSA) is 77.1 Å². The molecule has 2 aliphatic rings. The summed E-state index contributed by atoms with van der Waals surface area (Å²) >= 11 is 0. The number of morpholine rings is 1. The molecule has 2 fully saturated rings. The molecule has 0 spiro atoms. The maximum atomic E-state index is 5.64. The predicted octanol–water partition coefficient (Wildman–Crippen LogP) is 3.86. The number of piperidine rings is 1. The standard InChI is InChI=1S/C27H36N8O/c1-4-7-20-10-12-33(13-11-20)18-23-29-24-25(32(23)3)30-27(31-26(24)34-14-16-36-17-15-34)35-19(2)28-21-8-5-6-9-22(21)35/h5-6,8-9,20H,4,7,10-18H2,1-3H3. The van der Waals surface area contributed by atoms with Crippen LogP contribution in [0.1, 0.15) is 44.3 Å². The van der Waals surface area contributed by atoms with E-state index in [-0.39, 0.29) is 0 Å². The molecule has 3 aromatic heterocycles. The van der Waals surface area contributed by atoms with Crippen molar-refractivity contribution in [3.8, 4) is 5.95 Å². The minimum Gasteiger partial charge on any atom is -0.378 e. The Morgan fingerprint density at radius 3 is 2.53 bits per heavy atom. The van der Waals surface area contributed by atoms with E-state index >= 15 is 0 Å². The van der Waals surface area contributed by atoms with E-state index in [4.69, 9.17) is 24.7 Å². The number of hydrogen-bond donors (Lipinski definition) is 0. The fourth-order valence-electron chi connectivity index (χ4n) is 5.76. The summed E-state index contributed by atoms with van der Waals surface area (Å²) in [5, 5.41) is 0. The predicted molar refractivity (Wildman–Crippen MR) is 142 cm³/mol. The third-order valence-corrected chi connectivity index (χ3v) is 7.79. The number of nitrogens with zero attached hydrogens (tertiary/aromatic N) is 8. The molecular weight excluding hydrogens is 452 g/mol. The fraction of sp³-hybridized carbons (Fsp3) is 0.556. The second-order valence-corrected chi connectivity index (χ2v) is 10.2. The Kier molecular flexibility index (Phi) is 6.35. The summed E-state index contributed by atoms with van der Waals surface area (Å²) in [5.41, 5.74) is 3.71. The Morgan fingerprint density at radius 1 is 0.972 bits per heavy atom. The van der Waals surface area contributed by atoms with Crippen LogP contribution in [-0.2, 0) is 18.3 Å². The number of aryl methyl sites for hydroxylation is 2. The summed E-state index contributed by atoms with van der Waals surface area (Å²) in [5.74, 6) is 4.33. The Hall–Kier alpha value is -3.04. The van der Waals surface area contributed by atoms with Crippen LogP contribution in [0.3, 0.4) is 0 Å². The van der Waals surface area contributed by atoms with Crippen molar-refractivity contribution >= 4 is 28.0 Å².